The van der Waals surface area contributed by atoms with Crippen LogP contribution in [0, 0.1) is 5.92 Å². The van der Waals surface area contributed by atoms with Crippen LogP contribution in [0.5, 0.6) is 0 Å². The lowest BCUT2D eigenvalue weighted by Gasteiger charge is -2.23. The molecule has 2 unspecified atom stereocenters. The first-order valence-corrected chi connectivity index (χ1v) is 6.72. The number of nitrogen functional groups attached to an aromatic ring is 1. The van der Waals surface area contributed by atoms with E-state index in [1.165, 1.54) is 0 Å². The van der Waals surface area contributed by atoms with Gasteiger partial charge in [0.15, 0.2) is 0 Å². The number of hydrogen-bond donors (Lipinski definition) is 2. The largest absolute Gasteiger partial charge is 0.354 e. The second kappa shape index (κ2) is 5.38. The highest BCUT2D eigenvalue weighted by Crippen LogP contribution is 2.30. The Labute approximate surface area is 116 Å². The molecule has 6 nitrogen and oxygen atoms in total. The van der Waals surface area contributed by atoms with Crippen molar-refractivity contribution in [3.8, 4) is 0 Å². The molecule has 18 heavy (non-hydrogen) atoms. The van der Waals surface area contributed by atoms with E-state index >= 15 is 0 Å². The summed E-state index contributed by atoms with van der Waals surface area (Å²) in [5.41, 5.74) is 2.48. The topological polar surface area (TPSA) is 70.3 Å². The molecule has 1 aromatic heterocycles. The predicted molar refractivity (Wildman–Crippen MR) is 76.4 cm³/mol. The Hall–Kier alpha value is -0.920. The maximum absolute atomic E-state index is 5.35. The molecular weight excluding hydrogens is 296 g/mol. The summed E-state index contributed by atoms with van der Waals surface area (Å²) in [5.74, 6) is 7.30. The SMILES string of the molecule is CC1CN(c2nc(NN)ncc2Br)CC1N(C)C. The van der Waals surface area contributed by atoms with Crippen LogP contribution < -0.4 is 16.2 Å². The molecule has 1 aromatic rings. The van der Waals surface area contributed by atoms with Gasteiger partial charge in [0.05, 0.1) is 4.47 Å². The van der Waals surface area contributed by atoms with Crippen molar-refractivity contribution in [1.29, 1.82) is 0 Å². The Balaban J connectivity index is 2.23. The highest BCUT2D eigenvalue weighted by Gasteiger charge is 2.32. The standard InChI is InChI=1S/C11H19BrN6/c1-7-5-18(6-9(7)17(2)3)10-8(12)4-14-11(15-10)16-13/h4,7,9H,5-6,13H2,1-3H3,(H,14,15,16). The van der Waals surface area contributed by atoms with Crippen molar-refractivity contribution in [3.05, 3.63) is 10.7 Å². The molecule has 2 rings (SSSR count). The van der Waals surface area contributed by atoms with Crippen molar-refractivity contribution in [2.75, 3.05) is 37.5 Å². The molecule has 0 bridgehead atoms. The van der Waals surface area contributed by atoms with Crippen LogP contribution in [0.4, 0.5) is 11.8 Å². The van der Waals surface area contributed by atoms with E-state index in [4.69, 9.17) is 5.84 Å². The fraction of sp³-hybridized carbons (Fsp3) is 0.636. The second-order valence-electron chi connectivity index (χ2n) is 4.92. The molecule has 3 N–H and O–H groups in total. The van der Waals surface area contributed by atoms with Crippen LogP contribution in [0.15, 0.2) is 10.7 Å². The number of nitrogens with one attached hydrogen (secondary N) is 1. The highest BCUT2D eigenvalue weighted by molar-refractivity contribution is 9.10. The highest BCUT2D eigenvalue weighted by atomic mass is 79.9. The van der Waals surface area contributed by atoms with Crippen LogP contribution in [0.1, 0.15) is 6.92 Å². The quantitative estimate of drug-likeness (QED) is 0.638. The number of halogens is 1. The number of hydrazine groups is 1. The summed E-state index contributed by atoms with van der Waals surface area (Å²) < 4.78 is 0.896. The molecule has 1 aliphatic heterocycles. The minimum Gasteiger partial charge on any atom is -0.354 e. The third-order valence-electron chi connectivity index (χ3n) is 3.39. The molecule has 1 aliphatic rings. The number of nitrogens with zero attached hydrogens (tertiary/aromatic N) is 4. The van der Waals surface area contributed by atoms with Gasteiger partial charge in [-0.1, -0.05) is 6.92 Å². The molecule has 2 atom stereocenters. The average Bonchev–Trinajstić information content (AvgIpc) is 2.72. The molecule has 0 radical (unpaired) electrons. The van der Waals surface area contributed by atoms with E-state index in [9.17, 15) is 0 Å². The van der Waals surface area contributed by atoms with Crippen molar-refractivity contribution >= 4 is 27.7 Å². The van der Waals surface area contributed by atoms with Gasteiger partial charge >= 0.3 is 0 Å². The van der Waals surface area contributed by atoms with Crippen molar-refractivity contribution in [3.63, 3.8) is 0 Å². The summed E-state index contributed by atoms with van der Waals surface area (Å²) in [5, 5.41) is 0. The molecule has 2 heterocycles. The first kappa shape index (κ1) is 13.5. The Kier molecular flexibility index (Phi) is 4.04. The minimum atomic E-state index is 0.439. The fourth-order valence-electron chi connectivity index (χ4n) is 2.44. The predicted octanol–water partition coefficient (Wildman–Crippen LogP) is 0.911. The third-order valence-corrected chi connectivity index (χ3v) is 3.95. The maximum Gasteiger partial charge on any atom is 0.239 e. The van der Waals surface area contributed by atoms with Crippen LogP contribution in [0.3, 0.4) is 0 Å². The van der Waals surface area contributed by atoms with E-state index in [0.29, 0.717) is 17.9 Å². The number of anilines is 2. The lowest BCUT2D eigenvalue weighted by Crippen LogP contribution is -2.34. The molecule has 0 aliphatic carbocycles. The van der Waals surface area contributed by atoms with Gasteiger partial charge in [-0.15, -0.1) is 0 Å². The van der Waals surface area contributed by atoms with Crippen molar-refractivity contribution < 1.29 is 0 Å². The van der Waals surface area contributed by atoms with E-state index in [1.54, 1.807) is 6.20 Å². The Bertz CT molecular complexity index is 424. The normalized spacial score (nSPS) is 23.8. The van der Waals surface area contributed by atoms with E-state index < -0.39 is 0 Å². The van der Waals surface area contributed by atoms with Gasteiger partial charge in [0.2, 0.25) is 5.95 Å². The monoisotopic (exact) mass is 314 g/mol. The number of aromatic nitrogens is 2. The summed E-state index contributed by atoms with van der Waals surface area (Å²) in [6.07, 6.45) is 1.73. The third kappa shape index (κ3) is 2.57. The van der Waals surface area contributed by atoms with Gasteiger partial charge in [-0.2, -0.15) is 4.98 Å². The van der Waals surface area contributed by atoms with E-state index in [-0.39, 0.29) is 0 Å². The van der Waals surface area contributed by atoms with Crippen LogP contribution in [0.25, 0.3) is 0 Å². The van der Waals surface area contributed by atoms with Crippen LogP contribution >= 0.6 is 15.9 Å². The van der Waals surface area contributed by atoms with Gasteiger partial charge in [0.25, 0.3) is 0 Å². The van der Waals surface area contributed by atoms with Gasteiger partial charge < -0.3 is 9.80 Å². The maximum atomic E-state index is 5.35. The van der Waals surface area contributed by atoms with Crippen molar-refractivity contribution in [1.82, 2.24) is 14.9 Å². The van der Waals surface area contributed by atoms with Gasteiger partial charge in [-0.3, -0.25) is 5.43 Å². The molecule has 7 heteroatoms. The molecule has 0 amide bonds. The van der Waals surface area contributed by atoms with Gasteiger partial charge in [0, 0.05) is 25.3 Å². The van der Waals surface area contributed by atoms with Crippen molar-refractivity contribution in [2.45, 2.75) is 13.0 Å². The molecule has 0 aromatic carbocycles. The smallest absolute Gasteiger partial charge is 0.239 e. The van der Waals surface area contributed by atoms with E-state index in [1.807, 2.05) is 0 Å². The summed E-state index contributed by atoms with van der Waals surface area (Å²) >= 11 is 3.50. The molecular formula is C11H19BrN6. The Morgan fingerprint density at radius 2 is 2.22 bits per heavy atom. The number of nitrogens with two attached hydrogens (primary N) is 1. The molecule has 100 valence electrons. The number of likely N-dealkylation sites (N-methyl/N-ethyl adjacent to an activating group) is 1. The first-order chi connectivity index (χ1) is 8.52. The average molecular weight is 315 g/mol. The van der Waals surface area contributed by atoms with Gasteiger partial charge in [0.1, 0.15) is 5.82 Å². The second-order valence-corrected chi connectivity index (χ2v) is 5.78. The minimum absolute atomic E-state index is 0.439. The van der Waals surface area contributed by atoms with Crippen LogP contribution in [0.2, 0.25) is 0 Å². The summed E-state index contributed by atoms with van der Waals surface area (Å²) in [6.45, 7) is 4.22. The Morgan fingerprint density at radius 3 is 2.78 bits per heavy atom. The Morgan fingerprint density at radius 1 is 1.50 bits per heavy atom. The van der Waals surface area contributed by atoms with E-state index in [2.05, 4.69) is 62.1 Å². The van der Waals surface area contributed by atoms with E-state index in [0.717, 1.165) is 23.4 Å². The molecule has 0 spiro atoms. The van der Waals surface area contributed by atoms with Crippen LogP contribution in [-0.4, -0.2) is 48.1 Å². The lowest BCUT2D eigenvalue weighted by atomic mass is 10.1. The molecule has 1 fully saturated rings. The number of rotatable bonds is 3. The van der Waals surface area contributed by atoms with Crippen molar-refractivity contribution in [2.24, 2.45) is 11.8 Å². The first-order valence-electron chi connectivity index (χ1n) is 5.93. The zero-order valence-electron chi connectivity index (χ0n) is 10.9. The van der Waals surface area contributed by atoms with Gasteiger partial charge in [-0.05, 0) is 35.9 Å². The zero-order chi connectivity index (χ0) is 13.3. The molecule has 0 saturated carbocycles. The van der Waals surface area contributed by atoms with Crippen LogP contribution in [-0.2, 0) is 0 Å². The summed E-state index contributed by atoms with van der Waals surface area (Å²) in [7, 11) is 4.24. The zero-order valence-corrected chi connectivity index (χ0v) is 12.5. The summed E-state index contributed by atoms with van der Waals surface area (Å²) in [4.78, 5) is 13.0. The van der Waals surface area contributed by atoms with Gasteiger partial charge in [-0.25, -0.2) is 10.8 Å². The summed E-state index contributed by atoms with van der Waals surface area (Å²) in [6, 6.07) is 0.543. The number of hydrogen-bond acceptors (Lipinski definition) is 6. The lowest BCUT2D eigenvalue weighted by molar-refractivity contribution is 0.266. The fourth-order valence-corrected chi connectivity index (χ4v) is 2.89. The molecule has 1 saturated heterocycles.